The molecule has 3 aliphatic carbocycles. The predicted molar refractivity (Wildman–Crippen MR) is 175 cm³/mol. The summed E-state index contributed by atoms with van der Waals surface area (Å²) < 4.78 is 12.7. The number of amides is 2. The van der Waals surface area contributed by atoms with Crippen molar-refractivity contribution < 1.29 is 23.9 Å². The average Bonchev–Trinajstić information content (AvgIpc) is 3.64. The smallest absolute Gasteiger partial charge is 0.407 e. The lowest BCUT2D eigenvalue weighted by atomic mass is 9.65. The zero-order chi connectivity index (χ0) is 32.2. The molecule has 4 heterocycles. The number of likely N-dealkylation sites (tertiary alicyclic amines) is 2. The highest BCUT2D eigenvalue weighted by molar-refractivity contribution is 6.20. The first-order valence-electron chi connectivity index (χ1n) is 18.5. The number of Topliss-reactive ketones (excluding diaryl/α,β-unsaturated/α-hetero) is 1. The molecule has 4 aliphatic heterocycles. The summed E-state index contributed by atoms with van der Waals surface area (Å²) in [5.41, 5.74) is -0.181. The number of alkyl carbamates (subject to hydrolysis) is 1. The third-order valence-electron chi connectivity index (χ3n) is 12.4. The highest BCUT2D eigenvalue weighted by Crippen LogP contribution is 2.50. The third kappa shape index (κ3) is 6.47. The number of morpholine rings is 1. The number of hydrogen-bond donors (Lipinski definition) is 2. The second-order valence-corrected chi connectivity index (χ2v) is 16.5. The Morgan fingerprint density at radius 3 is 2.50 bits per heavy atom. The van der Waals surface area contributed by atoms with Gasteiger partial charge in [0.2, 0.25) is 0 Å². The normalized spacial score (nSPS) is 39.6. The number of ether oxygens (including phenoxy) is 2. The van der Waals surface area contributed by atoms with Gasteiger partial charge in [0.1, 0.15) is 5.60 Å². The minimum Gasteiger partial charge on any atom is -0.444 e. The molecule has 10 unspecified atom stereocenters. The van der Waals surface area contributed by atoms with Gasteiger partial charge in [-0.2, -0.15) is 0 Å². The molecule has 10 atom stereocenters. The first-order chi connectivity index (χ1) is 22.1. The van der Waals surface area contributed by atoms with Crippen molar-refractivity contribution in [3.63, 3.8) is 0 Å². The lowest BCUT2D eigenvalue weighted by Crippen LogP contribution is -2.71. The summed E-state index contributed by atoms with van der Waals surface area (Å²) in [5, 5.41) is 6.21. The van der Waals surface area contributed by atoms with E-state index in [0.29, 0.717) is 30.0 Å². The van der Waals surface area contributed by atoms with E-state index in [9.17, 15) is 14.4 Å². The first kappa shape index (κ1) is 32.4. The van der Waals surface area contributed by atoms with E-state index in [0.717, 1.165) is 58.3 Å². The molecule has 2 N–H and O–H groups in total. The largest absolute Gasteiger partial charge is 0.444 e. The molecule has 7 rings (SSSR count). The monoisotopic (exact) mass is 639 g/mol. The Balaban J connectivity index is 1.10. The second-order valence-electron chi connectivity index (χ2n) is 16.5. The van der Waals surface area contributed by atoms with E-state index in [1.165, 1.54) is 38.5 Å². The highest BCUT2D eigenvalue weighted by Gasteiger charge is 2.58. The van der Waals surface area contributed by atoms with Gasteiger partial charge >= 0.3 is 6.09 Å². The van der Waals surface area contributed by atoms with Crippen LogP contribution in [0.5, 0.6) is 0 Å². The Morgan fingerprint density at radius 1 is 0.978 bits per heavy atom. The molecule has 2 amide bonds. The highest BCUT2D eigenvalue weighted by atomic mass is 16.6. The van der Waals surface area contributed by atoms with Crippen molar-refractivity contribution in [2.45, 2.75) is 146 Å². The molecule has 0 bridgehead atoms. The number of nitrogens with zero attached hydrogens (tertiary/aromatic N) is 3. The predicted octanol–water partition coefficient (Wildman–Crippen LogP) is 3.84. The molecule has 256 valence electrons. The quantitative estimate of drug-likeness (QED) is 0.423. The van der Waals surface area contributed by atoms with Crippen molar-refractivity contribution >= 4 is 17.8 Å². The summed E-state index contributed by atoms with van der Waals surface area (Å²) in [6.45, 7) is 12.0. The molecular formula is C36H57N5O5. The molecular weight excluding hydrogens is 582 g/mol. The topological polar surface area (TPSA) is 103 Å². The van der Waals surface area contributed by atoms with Gasteiger partial charge in [-0.15, -0.1) is 0 Å². The molecule has 10 nitrogen and oxygen atoms in total. The van der Waals surface area contributed by atoms with E-state index in [1.807, 2.05) is 27.0 Å². The number of ketones is 1. The molecule has 10 heteroatoms. The summed E-state index contributed by atoms with van der Waals surface area (Å²) in [7, 11) is 0. The number of fused-ring (bicyclic) bond motifs is 3. The zero-order valence-corrected chi connectivity index (χ0v) is 28.5. The van der Waals surface area contributed by atoms with Gasteiger partial charge in [0.05, 0.1) is 29.9 Å². The molecule has 0 spiro atoms. The van der Waals surface area contributed by atoms with Crippen LogP contribution < -0.4 is 10.6 Å². The second kappa shape index (κ2) is 13.0. The van der Waals surface area contributed by atoms with Crippen LogP contribution >= 0.6 is 0 Å². The molecule has 3 saturated carbocycles. The first-order valence-corrected chi connectivity index (χ1v) is 18.5. The van der Waals surface area contributed by atoms with Gasteiger partial charge < -0.3 is 25.0 Å². The molecule has 0 aromatic heterocycles. The molecule has 7 aliphatic rings. The van der Waals surface area contributed by atoms with Gasteiger partial charge in [-0.3, -0.25) is 19.4 Å². The van der Waals surface area contributed by atoms with Crippen molar-refractivity contribution in [2.75, 3.05) is 32.7 Å². The maximum atomic E-state index is 14.1. The minimum absolute atomic E-state index is 0.00367. The molecule has 6 fully saturated rings. The van der Waals surface area contributed by atoms with E-state index in [1.54, 1.807) is 0 Å². The van der Waals surface area contributed by atoms with Crippen molar-refractivity contribution in [1.82, 2.24) is 25.3 Å². The number of carbonyl (C=O) groups is 3. The summed E-state index contributed by atoms with van der Waals surface area (Å²) in [6.07, 6.45) is 13.9. The van der Waals surface area contributed by atoms with Gasteiger partial charge in [0.15, 0.2) is 5.78 Å². The Labute approximate surface area is 275 Å². The number of nitrogens with one attached hydrogen (secondary N) is 2. The minimum atomic E-state index is -0.530. The Kier molecular flexibility index (Phi) is 9.17. The molecule has 0 radical (unpaired) electrons. The average molecular weight is 640 g/mol. The SMILES string of the molecule is CC1CCCN1CCNC(=O)C1=CN2C3CC4CCCCC4CC3OC3C(N4CCC(NC(=O)OC(C)(C)C)C4)CCC(C1=O)C32. The summed E-state index contributed by atoms with van der Waals surface area (Å²) >= 11 is 0. The van der Waals surface area contributed by atoms with Crippen LogP contribution in [0, 0.1) is 17.8 Å². The van der Waals surface area contributed by atoms with Crippen LogP contribution in [0.4, 0.5) is 4.79 Å². The van der Waals surface area contributed by atoms with Crippen LogP contribution in [0.3, 0.4) is 0 Å². The summed E-state index contributed by atoms with van der Waals surface area (Å²) in [4.78, 5) is 47.7. The van der Waals surface area contributed by atoms with Gasteiger partial charge in [-0.05, 0) is 91.0 Å². The summed E-state index contributed by atoms with van der Waals surface area (Å²) in [5.74, 6) is 0.977. The fourth-order valence-corrected chi connectivity index (χ4v) is 10.3. The third-order valence-corrected chi connectivity index (χ3v) is 12.4. The van der Waals surface area contributed by atoms with Crippen LogP contribution in [-0.2, 0) is 19.1 Å². The maximum absolute atomic E-state index is 14.1. The number of rotatable bonds is 6. The van der Waals surface area contributed by atoms with E-state index in [4.69, 9.17) is 9.47 Å². The lowest BCUT2D eigenvalue weighted by Gasteiger charge is -2.61. The van der Waals surface area contributed by atoms with Gasteiger partial charge in [0, 0.05) is 56.4 Å². The molecule has 0 aromatic rings. The van der Waals surface area contributed by atoms with Crippen molar-refractivity contribution in [1.29, 1.82) is 0 Å². The van der Waals surface area contributed by atoms with Crippen molar-refractivity contribution in [3.05, 3.63) is 11.8 Å². The van der Waals surface area contributed by atoms with Gasteiger partial charge in [-0.25, -0.2) is 4.79 Å². The summed E-state index contributed by atoms with van der Waals surface area (Å²) in [6, 6.07) is 0.929. The van der Waals surface area contributed by atoms with Crippen LogP contribution in [0.15, 0.2) is 11.8 Å². The Hall–Kier alpha value is -2.17. The van der Waals surface area contributed by atoms with Crippen LogP contribution in [-0.4, -0.2) is 113 Å². The maximum Gasteiger partial charge on any atom is 0.407 e. The Bertz CT molecular complexity index is 1200. The zero-order valence-electron chi connectivity index (χ0n) is 28.5. The molecule has 0 aromatic carbocycles. The van der Waals surface area contributed by atoms with Crippen molar-refractivity contribution in [2.24, 2.45) is 17.8 Å². The Morgan fingerprint density at radius 2 is 1.76 bits per heavy atom. The van der Waals surface area contributed by atoms with E-state index in [-0.39, 0.29) is 60.1 Å². The van der Waals surface area contributed by atoms with Crippen LogP contribution in [0.1, 0.15) is 98.3 Å². The van der Waals surface area contributed by atoms with Gasteiger partial charge in [-0.1, -0.05) is 25.7 Å². The number of carbonyl (C=O) groups excluding carboxylic acids is 3. The number of hydrogen-bond acceptors (Lipinski definition) is 8. The lowest BCUT2D eigenvalue weighted by molar-refractivity contribution is -0.210. The van der Waals surface area contributed by atoms with E-state index in [2.05, 4.69) is 32.3 Å². The van der Waals surface area contributed by atoms with Crippen LogP contribution in [0.25, 0.3) is 0 Å². The van der Waals surface area contributed by atoms with Gasteiger partial charge in [0.25, 0.3) is 5.91 Å². The van der Waals surface area contributed by atoms with E-state index >= 15 is 0 Å². The fourth-order valence-electron chi connectivity index (χ4n) is 10.3. The van der Waals surface area contributed by atoms with E-state index < -0.39 is 5.60 Å². The van der Waals surface area contributed by atoms with Crippen molar-refractivity contribution in [3.8, 4) is 0 Å². The fraction of sp³-hybridized carbons (Fsp3) is 0.861. The van der Waals surface area contributed by atoms with Crippen LogP contribution in [0.2, 0.25) is 0 Å². The molecule has 3 saturated heterocycles. The molecule has 46 heavy (non-hydrogen) atoms. The standard InChI is InChI=1S/C36H57N5O5/c1-22-8-7-15-39(22)17-14-37-34(43)27-21-41-29-18-23-9-5-6-10-24(23)19-30(29)45-33-28(12-11-26(31(33)41)32(27)42)40-16-13-25(20-40)38-35(44)46-36(2,3)4/h21-26,28-31,33H,5-20H2,1-4H3,(H,37,43)(H,38,44).